The van der Waals surface area contributed by atoms with E-state index in [1.54, 1.807) is 0 Å². The van der Waals surface area contributed by atoms with Crippen molar-refractivity contribution in [3.05, 3.63) is 72.3 Å². The van der Waals surface area contributed by atoms with Gasteiger partial charge in [0.25, 0.3) is 0 Å². The van der Waals surface area contributed by atoms with E-state index in [-0.39, 0.29) is 12.2 Å². The van der Waals surface area contributed by atoms with Gasteiger partial charge in [0.05, 0.1) is 6.17 Å². The highest BCUT2D eigenvalue weighted by Gasteiger charge is 2.19. The van der Waals surface area contributed by atoms with Gasteiger partial charge in [-0.3, -0.25) is 4.90 Å². The molecule has 154 valence electrons. The van der Waals surface area contributed by atoms with E-state index in [0.29, 0.717) is 0 Å². The third kappa shape index (κ3) is 3.58. The lowest BCUT2D eigenvalue weighted by molar-refractivity contribution is 0.155. The number of hydrogen-bond acceptors (Lipinski definition) is 3. The van der Waals surface area contributed by atoms with E-state index in [4.69, 9.17) is 11.5 Å². The SMILES string of the molecule is NC(CCC(N)N1CCCCC1)c1cccc2c1ccc1c3ccccc3ccc21. The highest BCUT2D eigenvalue weighted by molar-refractivity contribution is 6.17. The van der Waals surface area contributed by atoms with Crippen LogP contribution in [0.25, 0.3) is 32.3 Å². The summed E-state index contributed by atoms with van der Waals surface area (Å²) >= 11 is 0. The molecule has 4 N–H and O–H groups in total. The number of fused-ring (bicyclic) bond motifs is 5. The quantitative estimate of drug-likeness (QED) is 0.425. The van der Waals surface area contributed by atoms with Crippen LogP contribution in [0.4, 0.5) is 0 Å². The van der Waals surface area contributed by atoms with Crippen LogP contribution in [-0.4, -0.2) is 24.2 Å². The second kappa shape index (κ2) is 8.35. The van der Waals surface area contributed by atoms with E-state index < -0.39 is 0 Å². The topological polar surface area (TPSA) is 55.3 Å². The van der Waals surface area contributed by atoms with Crippen LogP contribution in [0, 0.1) is 0 Å². The van der Waals surface area contributed by atoms with E-state index in [0.717, 1.165) is 25.9 Å². The number of hydrogen-bond donors (Lipinski definition) is 2. The average molecular weight is 398 g/mol. The van der Waals surface area contributed by atoms with Gasteiger partial charge >= 0.3 is 0 Å². The summed E-state index contributed by atoms with van der Waals surface area (Å²) in [5, 5.41) is 7.73. The molecular formula is C27H31N3. The lowest BCUT2D eigenvalue weighted by atomic mass is 9.91. The molecule has 0 amide bonds. The molecule has 0 radical (unpaired) electrons. The zero-order valence-electron chi connectivity index (χ0n) is 17.6. The zero-order valence-corrected chi connectivity index (χ0v) is 17.6. The third-order valence-electron chi connectivity index (χ3n) is 6.85. The highest BCUT2D eigenvalue weighted by atomic mass is 15.2. The van der Waals surface area contributed by atoms with Crippen LogP contribution < -0.4 is 11.5 Å². The Labute approximate surface area is 178 Å². The molecule has 0 aromatic heterocycles. The summed E-state index contributed by atoms with van der Waals surface area (Å²) in [7, 11) is 0. The molecule has 5 rings (SSSR count). The van der Waals surface area contributed by atoms with Gasteiger partial charge in [0.2, 0.25) is 0 Å². The van der Waals surface area contributed by atoms with Crippen molar-refractivity contribution in [2.75, 3.05) is 13.1 Å². The predicted molar refractivity (Wildman–Crippen MR) is 129 cm³/mol. The molecule has 1 aliphatic heterocycles. The minimum Gasteiger partial charge on any atom is -0.324 e. The molecule has 1 saturated heterocycles. The van der Waals surface area contributed by atoms with E-state index in [1.807, 2.05) is 0 Å². The van der Waals surface area contributed by atoms with Crippen LogP contribution in [-0.2, 0) is 0 Å². The number of rotatable bonds is 5. The molecule has 30 heavy (non-hydrogen) atoms. The molecule has 4 aromatic carbocycles. The summed E-state index contributed by atoms with van der Waals surface area (Å²) in [6.45, 7) is 2.26. The van der Waals surface area contributed by atoms with Gasteiger partial charge in [-0.25, -0.2) is 0 Å². The zero-order chi connectivity index (χ0) is 20.5. The van der Waals surface area contributed by atoms with E-state index in [1.165, 1.54) is 57.1 Å². The Morgan fingerprint density at radius 2 is 1.30 bits per heavy atom. The Morgan fingerprint density at radius 1 is 0.633 bits per heavy atom. The molecule has 1 heterocycles. The molecular weight excluding hydrogens is 366 g/mol. The van der Waals surface area contributed by atoms with Crippen molar-refractivity contribution >= 4 is 32.3 Å². The molecule has 2 atom stereocenters. The Morgan fingerprint density at radius 3 is 2.17 bits per heavy atom. The first kappa shape index (κ1) is 19.5. The van der Waals surface area contributed by atoms with Crippen molar-refractivity contribution in [2.24, 2.45) is 11.5 Å². The largest absolute Gasteiger partial charge is 0.324 e. The van der Waals surface area contributed by atoms with Crippen LogP contribution >= 0.6 is 0 Å². The standard InChI is InChI=1S/C27H31N3/c28-26(15-16-27(29)30-17-4-1-5-18-30)25-10-6-9-21-23-12-11-19-7-2-3-8-20(19)22(23)13-14-24(21)25/h2-3,6-14,26-27H,1,4-5,15-18,28-29H2. The molecule has 0 saturated carbocycles. The third-order valence-corrected chi connectivity index (χ3v) is 6.85. The Kier molecular flexibility index (Phi) is 5.43. The first-order valence-corrected chi connectivity index (χ1v) is 11.3. The fourth-order valence-corrected chi connectivity index (χ4v) is 5.14. The van der Waals surface area contributed by atoms with Gasteiger partial charge in [-0.15, -0.1) is 0 Å². The van der Waals surface area contributed by atoms with Gasteiger partial charge < -0.3 is 11.5 Å². The molecule has 1 aliphatic rings. The molecule has 3 nitrogen and oxygen atoms in total. The highest BCUT2D eigenvalue weighted by Crippen LogP contribution is 2.34. The molecule has 2 unspecified atom stereocenters. The minimum absolute atomic E-state index is 0.00227. The van der Waals surface area contributed by atoms with Gasteiger partial charge in [-0.2, -0.15) is 0 Å². The summed E-state index contributed by atoms with van der Waals surface area (Å²) in [6, 6.07) is 24.2. The van der Waals surface area contributed by atoms with E-state index in [2.05, 4.69) is 71.6 Å². The summed E-state index contributed by atoms with van der Waals surface area (Å²) in [5.41, 5.74) is 14.4. The fraction of sp³-hybridized carbons (Fsp3) is 0.333. The molecule has 0 spiro atoms. The summed E-state index contributed by atoms with van der Waals surface area (Å²) in [6.07, 6.45) is 5.85. The van der Waals surface area contributed by atoms with Gasteiger partial charge in [0.15, 0.2) is 0 Å². The summed E-state index contributed by atoms with van der Waals surface area (Å²) in [5.74, 6) is 0. The molecule has 0 aliphatic carbocycles. The second-order valence-corrected chi connectivity index (χ2v) is 8.74. The smallest absolute Gasteiger partial charge is 0.0572 e. The van der Waals surface area contributed by atoms with Gasteiger partial charge in [-0.1, -0.05) is 73.2 Å². The van der Waals surface area contributed by atoms with Crippen molar-refractivity contribution in [3.8, 4) is 0 Å². The lowest BCUT2D eigenvalue weighted by Crippen LogP contribution is -2.45. The van der Waals surface area contributed by atoms with E-state index >= 15 is 0 Å². The van der Waals surface area contributed by atoms with Gasteiger partial charge in [-0.05, 0) is 76.7 Å². The van der Waals surface area contributed by atoms with Crippen molar-refractivity contribution in [1.29, 1.82) is 0 Å². The normalized spacial score (nSPS) is 17.5. The van der Waals surface area contributed by atoms with Crippen molar-refractivity contribution < 1.29 is 0 Å². The first-order chi connectivity index (χ1) is 14.7. The maximum atomic E-state index is 6.70. The minimum atomic E-state index is 0.00227. The van der Waals surface area contributed by atoms with Crippen LogP contribution in [0.15, 0.2) is 66.7 Å². The predicted octanol–water partition coefficient (Wildman–Crippen LogP) is 5.70. The number of nitrogens with zero attached hydrogens (tertiary/aromatic N) is 1. The molecule has 4 aromatic rings. The number of piperidine rings is 1. The monoisotopic (exact) mass is 397 g/mol. The number of likely N-dealkylation sites (tertiary alicyclic amines) is 1. The molecule has 0 bridgehead atoms. The van der Waals surface area contributed by atoms with Gasteiger partial charge in [0, 0.05) is 6.04 Å². The van der Waals surface area contributed by atoms with Crippen molar-refractivity contribution in [3.63, 3.8) is 0 Å². The maximum Gasteiger partial charge on any atom is 0.0572 e. The fourth-order valence-electron chi connectivity index (χ4n) is 5.14. The van der Waals surface area contributed by atoms with Crippen LogP contribution in [0.5, 0.6) is 0 Å². The second-order valence-electron chi connectivity index (χ2n) is 8.74. The van der Waals surface area contributed by atoms with Gasteiger partial charge in [0.1, 0.15) is 0 Å². The number of nitrogens with two attached hydrogens (primary N) is 2. The Bertz CT molecular complexity index is 1180. The maximum absolute atomic E-state index is 6.70. The van der Waals surface area contributed by atoms with Crippen LogP contribution in [0.1, 0.15) is 43.7 Å². The molecule has 1 fully saturated rings. The van der Waals surface area contributed by atoms with E-state index in [9.17, 15) is 0 Å². The molecule has 3 heteroatoms. The Hall–Kier alpha value is -2.46. The number of benzene rings is 4. The first-order valence-electron chi connectivity index (χ1n) is 11.3. The summed E-state index contributed by atoms with van der Waals surface area (Å²) in [4.78, 5) is 2.43. The lowest BCUT2D eigenvalue weighted by Gasteiger charge is -2.32. The van der Waals surface area contributed by atoms with Crippen LogP contribution in [0.3, 0.4) is 0 Å². The Balaban J connectivity index is 1.45. The van der Waals surface area contributed by atoms with Crippen molar-refractivity contribution in [1.82, 2.24) is 4.90 Å². The van der Waals surface area contributed by atoms with Crippen molar-refractivity contribution in [2.45, 2.75) is 44.3 Å². The average Bonchev–Trinajstić information content (AvgIpc) is 2.82. The summed E-state index contributed by atoms with van der Waals surface area (Å²) < 4.78 is 0. The van der Waals surface area contributed by atoms with Crippen LogP contribution in [0.2, 0.25) is 0 Å².